The quantitative estimate of drug-likeness (QED) is 0.930. The number of nitrogens with one attached hydrogen (secondary N) is 1. The zero-order chi connectivity index (χ0) is 16.9. The Kier molecular flexibility index (Phi) is 5.11. The van der Waals surface area contributed by atoms with Gasteiger partial charge in [-0.25, -0.2) is 4.98 Å². The molecule has 0 saturated carbocycles. The van der Waals surface area contributed by atoms with Crippen LogP contribution in [-0.4, -0.2) is 34.8 Å². The maximum absolute atomic E-state index is 12.6. The van der Waals surface area contributed by atoms with E-state index in [-0.39, 0.29) is 17.7 Å². The summed E-state index contributed by atoms with van der Waals surface area (Å²) in [6, 6.07) is 12.2. The van der Waals surface area contributed by atoms with Crippen molar-refractivity contribution in [3.8, 4) is 0 Å². The highest BCUT2D eigenvalue weighted by atomic mass is 35.5. The number of halogens is 1. The molecule has 1 aliphatic rings. The third kappa shape index (κ3) is 3.92. The second-order valence-corrected chi connectivity index (χ2v) is 6.24. The SMILES string of the molecule is O=C(Nc1ccccn1)C1CCCN(C(=O)c2ccc(Cl)cc2)C1. The fourth-order valence-electron chi connectivity index (χ4n) is 2.82. The molecule has 2 aromatic rings. The largest absolute Gasteiger partial charge is 0.338 e. The van der Waals surface area contributed by atoms with Gasteiger partial charge < -0.3 is 10.2 Å². The van der Waals surface area contributed by atoms with E-state index >= 15 is 0 Å². The molecule has 1 N–H and O–H groups in total. The number of amides is 2. The smallest absolute Gasteiger partial charge is 0.253 e. The topological polar surface area (TPSA) is 62.3 Å². The molecule has 1 fully saturated rings. The lowest BCUT2D eigenvalue weighted by Crippen LogP contribution is -2.43. The average Bonchev–Trinajstić information content (AvgIpc) is 2.63. The van der Waals surface area contributed by atoms with Gasteiger partial charge in [-0.1, -0.05) is 17.7 Å². The van der Waals surface area contributed by atoms with Gasteiger partial charge in [0.25, 0.3) is 5.91 Å². The van der Waals surface area contributed by atoms with E-state index in [1.54, 1.807) is 47.5 Å². The number of aromatic nitrogens is 1. The first-order valence-electron chi connectivity index (χ1n) is 7.90. The maximum atomic E-state index is 12.6. The van der Waals surface area contributed by atoms with Crippen LogP contribution in [0.5, 0.6) is 0 Å². The number of nitrogens with zero attached hydrogens (tertiary/aromatic N) is 2. The van der Waals surface area contributed by atoms with Crippen molar-refractivity contribution in [3.05, 3.63) is 59.2 Å². The molecule has 0 aliphatic carbocycles. The number of piperidine rings is 1. The number of carbonyl (C=O) groups excluding carboxylic acids is 2. The Labute approximate surface area is 145 Å². The maximum Gasteiger partial charge on any atom is 0.253 e. The molecule has 0 radical (unpaired) electrons. The summed E-state index contributed by atoms with van der Waals surface area (Å²) < 4.78 is 0. The van der Waals surface area contributed by atoms with Crippen LogP contribution < -0.4 is 5.32 Å². The highest BCUT2D eigenvalue weighted by Gasteiger charge is 2.29. The van der Waals surface area contributed by atoms with Crippen molar-refractivity contribution in [2.45, 2.75) is 12.8 Å². The fourth-order valence-corrected chi connectivity index (χ4v) is 2.94. The van der Waals surface area contributed by atoms with Crippen molar-refractivity contribution >= 4 is 29.2 Å². The van der Waals surface area contributed by atoms with Crippen molar-refractivity contribution in [1.29, 1.82) is 0 Å². The molecule has 1 aliphatic heterocycles. The third-order valence-corrected chi connectivity index (χ3v) is 4.34. The van der Waals surface area contributed by atoms with Gasteiger partial charge in [-0.2, -0.15) is 0 Å². The minimum atomic E-state index is -0.225. The van der Waals surface area contributed by atoms with Gasteiger partial charge in [-0.15, -0.1) is 0 Å². The summed E-state index contributed by atoms with van der Waals surface area (Å²) in [6.07, 6.45) is 3.20. The van der Waals surface area contributed by atoms with E-state index in [1.165, 1.54) is 0 Å². The Morgan fingerprint density at radius 3 is 2.67 bits per heavy atom. The summed E-state index contributed by atoms with van der Waals surface area (Å²) in [7, 11) is 0. The zero-order valence-electron chi connectivity index (χ0n) is 13.1. The summed E-state index contributed by atoms with van der Waals surface area (Å²) in [5.41, 5.74) is 0.588. The Bertz CT molecular complexity index is 719. The second kappa shape index (κ2) is 7.45. The van der Waals surface area contributed by atoms with Crippen molar-refractivity contribution in [2.75, 3.05) is 18.4 Å². The molecule has 2 heterocycles. The first-order valence-corrected chi connectivity index (χ1v) is 8.28. The van der Waals surface area contributed by atoms with Crippen LogP contribution in [0.2, 0.25) is 5.02 Å². The highest BCUT2D eigenvalue weighted by molar-refractivity contribution is 6.30. The Morgan fingerprint density at radius 2 is 1.96 bits per heavy atom. The molecule has 2 amide bonds. The second-order valence-electron chi connectivity index (χ2n) is 5.80. The van der Waals surface area contributed by atoms with Gasteiger partial charge in [0, 0.05) is 29.9 Å². The number of benzene rings is 1. The Hall–Kier alpha value is -2.40. The van der Waals surface area contributed by atoms with Gasteiger partial charge in [0.2, 0.25) is 5.91 Å². The van der Waals surface area contributed by atoms with Gasteiger partial charge in [0.15, 0.2) is 0 Å². The van der Waals surface area contributed by atoms with E-state index in [4.69, 9.17) is 11.6 Å². The first-order chi connectivity index (χ1) is 11.6. The molecule has 1 aromatic carbocycles. The van der Waals surface area contributed by atoms with E-state index in [1.807, 2.05) is 6.07 Å². The number of carbonyl (C=O) groups is 2. The van der Waals surface area contributed by atoms with Crippen LogP contribution in [0.3, 0.4) is 0 Å². The first kappa shape index (κ1) is 16.5. The minimum absolute atomic E-state index is 0.0676. The lowest BCUT2D eigenvalue weighted by Gasteiger charge is -2.32. The predicted octanol–water partition coefficient (Wildman–Crippen LogP) is 3.23. The molecular formula is C18H18ClN3O2. The van der Waals surface area contributed by atoms with Gasteiger partial charge in [-0.3, -0.25) is 9.59 Å². The average molecular weight is 344 g/mol. The third-order valence-electron chi connectivity index (χ3n) is 4.09. The van der Waals surface area contributed by atoms with Crippen LogP contribution >= 0.6 is 11.6 Å². The van der Waals surface area contributed by atoms with Crippen molar-refractivity contribution < 1.29 is 9.59 Å². The van der Waals surface area contributed by atoms with Gasteiger partial charge >= 0.3 is 0 Å². The monoisotopic (exact) mass is 343 g/mol. The van der Waals surface area contributed by atoms with E-state index in [9.17, 15) is 9.59 Å². The van der Waals surface area contributed by atoms with Crippen molar-refractivity contribution in [1.82, 2.24) is 9.88 Å². The van der Waals surface area contributed by atoms with Gasteiger partial charge in [0.1, 0.15) is 5.82 Å². The predicted molar refractivity (Wildman–Crippen MR) is 92.9 cm³/mol. The standard InChI is InChI=1S/C18H18ClN3O2/c19-15-8-6-13(7-9-15)18(24)22-11-3-4-14(12-22)17(23)21-16-5-1-2-10-20-16/h1-2,5-10,14H,3-4,11-12H2,(H,20,21,23). The summed E-state index contributed by atoms with van der Waals surface area (Å²) in [5.74, 6) is 0.143. The molecule has 1 aromatic heterocycles. The lowest BCUT2D eigenvalue weighted by atomic mass is 9.96. The fraction of sp³-hybridized carbons (Fsp3) is 0.278. The molecule has 124 valence electrons. The molecule has 0 spiro atoms. The van der Waals surface area contributed by atoms with Crippen LogP contribution in [0.15, 0.2) is 48.7 Å². The van der Waals surface area contributed by atoms with Crippen LogP contribution in [0.1, 0.15) is 23.2 Å². The van der Waals surface area contributed by atoms with Crippen LogP contribution in [0.4, 0.5) is 5.82 Å². The molecule has 24 heavy (non-hydrogen) atoms. The van der Waals surface area contributed by atoms with Crippen molar-refractivity contribution in [3.63, 3.8) is 0 Å². The molecule has 1 atom stereocenters. The summed E-state index contributed by atoms with van der Waals surface area (Å²) in [6.45, 7) is 1.08. The minimum Gasteiger partial charge on any atom is -0.338 e. The summed E-state index contributed by atoms with van der Waals surface area (Å²) >= 11 is 5.86. The normalized spacial score (nSPS) is 17.4. The van der Waals surface area contributed by atoms with E-state index in [0.29, 0.717) is 29.5 Å². The number of pyridine rings is 1. The molecule has 1 saturated heterocycles. The van der Waals surface area contributed by atoms with Crippen LogP contribution in [0.25, 0.3) is 0 Å². The Morgan fingerprint density at radius 1 is 1.17 bits per heavy atom. The molecule has 6 heteroatoms. The number of hydrogen-bond donors (Lipinski definition) is 1. The molecule has 5 nitrogen and oxygen atoms in total. The van der Waals surface area contributed by atoms with E-state index < -0.39 is 0 Å². The van der Waals surface area contributed by atoms with Crippen LogP contribution in [-0.2, 0) is 4.79 Å². The van der Waals surface area contributed by atoms with Gasteiger partial charge in [-0.05, 0) is 49.2 Å². The molecule has 0 bridgehead atoms. The van der Waals surface area contributed by atoms with Crippen LogP contribution in [0, 0.1) is 5.92 Å². The Balaban J connectivity index is 1.64. The van der Waals surface area contributed by atoms with E-state index in [0.717, 1.165) is 12.8 Å². The van der Waals surface area contributed by atoms with Crippen molar-refractivity contribution in [2.24, 2.45) is 5.92 Å². The summed E-state index contributed by atoms with van der Waals surface area (Å²) in [5, 5.41) is 3.41. The van der Waals surface area contributed by atoms with E-state index in [2.05, 4.69) is 10.3 Å². The molecular weight excluding hydrogens is 326 g/mol. The number of rotatable bonds is 3. The molecule has 3 rings (SSSR count). The number of anilines is 1. The van der Waals surface area contributed by atoms with Gasteiger partial charge in [0.05, 0.1) is 5.92 Å². The zero-order valence-corrected chi connectivity index (χ0v) is 13.9. The number of likely N-dealkylation sites (tertiary alicyclic amines) is 1. The molecule has 1 unspecified atom stereocenters. The number of hydrogen-bond acceptors (Lipinski definition) is 3. The lowest BCUT2D eigenvalue weighted by molar-refractivity contribution is -0.121. The summed E-state index contributed by atoms with van der Waals surface area (Å²) in [4.78, 5) is 30.8. The highest BCUT2D eigenvalue weighted by Crippen LogP contribution is 2.21.